The van der Waals surface area contributed by atoms with Gasteiger partial charge in [-0.3, -0.25) is 9.69 Å². The molecule has 0 atom stereocenters. The summed E-state index contributed by atoms with van der Waals surface area (Å²) in [7, 11) is 0. The van der Waals surface area contributed by atoms with Crippen molar-refractivity contribution in [2.24, 2.45) is 0 Å². The van der Waals surface area contributed by atoms with Gasteiger partial charge < -0.3 is 10.2 Å². The van der Waals surface area contributed by atoms with Crippen molar-refractivity contribution in [3.8, 4) is 10.4 Å². The minimum atomic E-state index is -0.257. The van der Waals surface area contributed by atoms with E-state index in [1.165, 1.54) is 29.2 Å². The number of benzene rings is 2. The molecular formula is C23H24FN3OS. The molecule has 1 N–H and O–H groups in total. The summed E-state index contributed by atoms with van der Waals surface area (Å²) in [5.74, 6) is -0.306. The molecule has 1 aromatic heterocycles. The van der Waals surface area contributed by atoms with Gasteiger partial charge in [-0.25, -0.2) is 4.39 Å². The van der Waals surface area contributed by atoms with Crippen LogP contribution in [-0.4, -0.2) is 50.1 Å². The predicted octanol–water partition coefficient (Wildman–Crippen LogP) is 4.11. The van der Waals surface area contributed by atoms with Crippen LogP contribution in [0.5, 0.6) is 0 Å². The maximum atomic E-state index is 13.1. The highest BCUT2D eigenvalue weighted by molar-refractivity contribution is 7.17. The van der Waals surface area contributed by atoms with Crippen LogP contribution in [0.2, 0.25) is 0 Å². The monoisotopic (exact) mass is 409 g/mol. The molecule has 0 saturated carbocycles. The van der Waals surface area contributed by atoms with E-state index < -0.39 is 0 Å². The van der Waals surface area contributed by atoms with Crippen LogP contribution in [0.4, 0.5) is 10.1 Å². The van der Waals surface area contributed by atoms with Crippen LogP contribution in [0.3, 0.4) is 0 Å². The van der Waals surface area contributed by atoms with E-state index in [0.717, 1.165) is 43.2 Å². The first-order valence-electron chi connectivity index (χ1n) is 9.85. The number of rotatable bonds is 6. The minimum Gasteiger partial charge on any atom is -0.369 e. The Labute approximate surface area is 174 Å². The highest BCUT2D eigenvalue weighted by Crippen LogP contribution is 2.28. The fourth-order valence-electron chi connectivity index (χ4n) is 3.51. The maximum absolute atomic E-state index is 13.1. The number of para-hydroxylation sites is 1. The van der Waals surface area contributed by atoms with Gasteiger partial charge in [-0.2, -0.15) is 0 Å². The van der Waals surface area contributed by atoms with Gasteiger partial charge in [0.05, 0.1) is 4.88 Å². The Balaban J connectivity index is 1.22. The molecule has 0 aliphatic carbocycles. The van der Waals surface area contributed by atoms with E-state index in [-0.39, 0.29) is 11.7 Å². The van der Waals surface area contributed by atoms with Crippen LogP contribution in [0.25, 0.3) is 10.4 Å². The van der Waals surface area contributed by atoms with Crippen molar-refractivity contribution in [3.63, 3.8) is 0 Å². The summed E-state index contributed by atoms with van der Waals surface area (Å²) in [5.41, 5.74) is 2.20. The van der Waals surface area contributed by atoms with Crippen molar-refractivity contribution < 1.29 is 9.18 Å². The summed E-state index contributed by atoms with van der Waals surface area (Å²) >= 11 is 1.43. The summed E-state index contributed by atoms with van der Waals surface area (Å²) in [5, 5.41) is 3.02. The van der Waals surface area contributed by atoms with Gasteiger partial charge in [-0.1, -0.05) is 30.3 Å². The average Bonchev–Trinajstić information content (AvgIpc) is 3.26. The van der Waals surface area contributed by atoms with Gasteiger partial charge >= 0.3 is 0 Å². The quantitative estimate of drug-likeness (QED) is 0.666. The van der Waals surface area contributed by atoms with Gasteiger partial charge in [-0.15, -0.1) is 11.3 Å². The Morgan fingerprint density at radius 2 is 1.66 bits per heavy atom. The number of nitrogens with zero attached hydrogens (tertiary/aromatic N) is 2. The Morgan fingerprint density at radius 3 is 2.38 bits per heavy atom. The molecule has 1 saturated heterocycles. The fraction of sp³-hybridized carbons (Fsp3) is 0.261. The third-order valence-corrected chi connectivity index (χ3v) is 6.30. The van der Waals surface area contributed by atoms with Crippen molar-refractivity contribution in [2.45, 2.75) is 0 Å². The van der Waals surface area contributed by atoms with E-state index in [4.69, 9.17) is 0 Å². The van der Waals surface area contributed by atoms with Gasteiger partial charge in [0.15, 0.2) is 0 Å². The lowest BCUT2D eigenvalue weighted by atomic mass is 10.2. The number of hydrogen-bond donors (Lipinski definition) is 1. The molecule has 29 heavy (non-hydrogen) atoms. The second kappa shape index (κ2) is 9.20. The van der Waals surface area contributed by atoms with Gasteiger partial charge in [0, 0.05) is 49.8 Å². The molecule has 4 nitrogen and oxygen atoms in total. The minimum absolute atomic E-state index is 0.0497. The van der Waals surface area contributed by atoms with Gasteiger partial charge in [-0.05, 0) is 42.0 Å². The van der Waals surface area contributed by atoms with E-state index in [0.29, 0.717) is 11.4 Å². The SMILES string of the molecule is O=C(NCCN1CCN(c2ccccc2)CC1)c1ccc(-c2ccc(F)cc2)s1. The van der Waals surface area contributed by atoms with Crippen LogP contribution in [0, 0.1) is 5.82 Å². The maximum Gasteiger partial charge on any atom is 0.261 e. The zero-order valence-electron chi connectivity index (χ0n) is 16.2. The normalized spacial score (nSPS) is 14.7. The highest BCUT2D eigenvalue weighted by Gasteiger charge is 2.17. The number of hydrogen-bond acceptors (Lipinski definition) is 4. The molecule has 2 heterocycles. The Kier molecular flexibility index (Phi) is 6.22. The lowest BCUT2D eigenvalue weighted by molar-refractivity contribution is 0.0952. The lowest BCUT2D eigenvalue weighted by Gasteiger charge is -2.36. The van der Waals surface area contributed by atoms with E-state index in [9.17, 15) is 9.18 Å². The lowest BCUT2D eigenvalue weighted by Crippen LogP contribution is -2.48. The van der Waals surface area contributed by atoms with Crippen LogP contribution < -0.4 is 10.2 Å². The molecular weight excluding hydrogens is 385 g/mol. The summed E-state index contributed by atoms with van der Waals surface area (Å²) in [6.45, 7) is 5.49. The van der Waals surface area contributed by atoms with Crippen molar-refractivity contribution >= 4 is 22.9 Å². The number of nitrogens with one attached hydrogen (secondary N) is 1. The molecule has 0 bridgehead atoms. The number of carbonyl (C=O) groups is 1. The van der Waals surface area contributed by atoms with Crippen LogP contribution in [0.1, 0.15) is 9.67 Å². The second-order valence-electron chi connectivity index (χ2n) is 7.09. The van der Waals surface area contributed by atoms with Crippen LogP contribution >= 0.6 is 11.3 Å². The van der Waals surface area contributed by atoms with E-state index in [1.807, 2.05) is 18.2 Å². The Morgan fingerprint density at radius 1 is 0.931 bits per heavy atom. The van der Waals surface area contributed by atoms with E-state index in [2.05, 4.69) is 39.4 Å². The fourth-order valence-corrected chi connectivity index (χ4v) is 4.44. The van der Waals surface area contributed by atoms with Crippen LogP contribution in [-0.2, 0) is 0 Å². The molecule has 1 aliphatic heterocycles. The van der Waals surface area contributed by atoms with Gasteiger partial charge in [0.1, 0.15) is 5.82 Å². The predicted molar refractivity (Wildman–Crippen MR) is 117 cm³/mol. The molecule has 0 spiro atoms. The molecule has 1 fully saturated rings. The summed E-state index contributed by atoms with van der Waals surface area (Å²) < 4.78 is 13.1. The number of amides is 1. The molecule has 1 aliphatic rings. The number of carbonyl (C=O) groups excluding carboxylic acids is 1. The molecule has 1 amide bonds. The zero-order chi connectivity index (χ0) is 20.1. The van der Waals surface area contributed by atoms with Crippen molar-refractivity contribution in [1.82, 2.24) is 10.2 Å². The van der Waals surface area contributed by atoms with Crippen molar-refractivity contribution in [3.05, 3.63) is 77.4 Å². The summed E-state index contributed by atoms with van der Waals surface area (Å²) in [6, 6.07) is 20.6. The molecule has 0 unspecified atom stereocenters. The Bertz CT molecular complexity index is 934. The number of anilines is 1. The molecule has 3 aromatic rings. The third-order valence-electron chi connectivity index (χ3n) is 5.17. The topological polar surface area (TPSA) is 35.6 Å². The number of piperazine rings is 1. The van der Waals surface area contributed by atoms with Crippen molar-refractivity contribution in [1.29, 1.82) is 0 Å². The first kappa shape index (κ1) is 19.6. The number of thiophene rings is 1. The average molecular weight is 410 g/mol. The largest absolute Gasteiger partial charge is 0.369 e. The molecule has 2 aromatic carbocycles. The van der Waals surface area contributed by atoms with Gasteiger partial charge in [0.25, 0.3) is 5.91 Å². The summed E-state index contributed by atoms with van der Waals surface area (Å²) in [4.78, 5) is 18.9. The smallest absolute Gasteiger partial charge is 0.261 e. The standard InChI is InChI=1S/C23H24FN3OS/c24-19-8-6-18(7-9-19)21-10-11-22(29-21)23(28)25-12-13-26-14-16-27(17-15-26)20-4-2-1-3-5-20/h1-11H,12-17H2,(H,25,28). The van der Waals surface area contributed by atoms with E-state index in [1.54, 1.807) is 12.1 Å². The Hall–Kier alpha value is -2.70. The molecule has 0 radical (unpaired) electrons. The van der Waals surface area contributed by atoms with Crippen molar-refractivity contribution in [2.75, 3.05) is 44.2 Å². The molecule has 150 valence electrons. The molecule has 4 rings (SSSR count). The summed E-state index contributed by atoms with van der Waals surface area (Å²) in [6.07, 6.45) is 0. The zero-order valence-corrected chi connectivity index (χ0v) is 17.0. The third kappa shape index (κ3) is 5.02. The first-order chi connectivity index (χ1) is 14.2. The first-order valence-corrected chi connectivity index (χ1v) is 10.7. The van der Waals surface area contributed by atoms with Gasteiger partial charge in [0.2, 0.25) is 0 Å². The number of halogens is 1. The second-order valence-corrected chi connectivity index (χ2v) is 8.17. The molecule has 6 heteroatoms. The highest BCUT2D eigenvalue weighted by atomic mass is 32.1. The van der Waals surface area contributed by atoms with Crippen LogP contribution in [0.15, 0.2) is 66.7 Å². The van der Waals surface area contributed by atoms with E-state index >= 15 is 0 Å².